The zero-order valence-corrected chi connectivity index (χ0v) is 9.23. The van der Waals surface area contributed by atoms with Gasteiger partial charge in [-0.05, 0) is 0 Å². The molecule has 0 aliphatic carbocycles. The Morgan fingerprint density at radius 2 is 1.00 bits per heavy atom. The third-order valence-electron chi connectivity index (χ3n) is 1.60. The number of halogens is 8. The van der Waals surface area contributed by atoms with Crippen LogP contribution in [0.1, 0.15) is 0 Å². The van der Waals surface area contributed by atoms with Crippen molar-refractivity contribution in [3.05, 3.63) is 0 Å². The average molecular weight is 318 g/mol. The van der Waals surface area contributed by atoms with Crippen LogP contribution < -0.4 is 0 Å². The van der Waals surface area contributed by atoms with Gasteiger partial charge in [-0.25, -0.2) is 27.2 Å². The summed E-state index contributed by atoms with van der Waals surface area (Å²) in [5.74, 6) is -14.1. The summed E-state index contributed by atoms with van der Waals surface area (Å²) in [6.07, 6.45) is -8.40. The lowest BCUT2D eigenvalue weighted by atomic mass is 10.4. The van der Waals surface area contributed by atoms with Crippen molar-refractivity contribution in [3.8, 4) is 0 Å². The van der Waals surface area contributed by atoms with Crippen molar-refractivity contribution in [1.29, 1.82) is 0 Å². The van der Waals surface area contributed by atoms with E-state index in [9.17, 15) is 44.7 Å². The fraction of sp³-hybridized carbons (Fsp3) is 0.750. The summed E-state index contributed by atoms with van der Waals surface area (Å²) in [6.45, 7) is -4.41. The van der Waals surface area contributed by atoms with Gasteiger partial charge in [0.1, 0.15) is 0 Å². The van der Waals surface area contributed by atoms with Crippen LogP contribution in [0.3, 0.4) is 0 Å². The normalized spacial score (nSPS) is 12.7. The molecule has 20 heavy (non-hydrogen) atoms. The van der Waals surface area contributed by atoms with E-state index in [1.165, 1.54) is 0 Å². The molecule has 4 nitrogen and oxygen atoms in total. The van der Waals surface area contributed by atoms with Crippen molar-refractivity contribution in [2.75, 3.05) is 13.2 Å². The Balaban J connectivity index is 4.28. The van der Waals surface area contributed by atoms with Gasteiger partial charge in [0.15, 0.2) is 13.2 Å². The Morgan fingerprint density at radius 1 is 0.750 bits per heavy atom. The second kappa shape index (κ2) is 6.70. The fourth-order valence-corrected chi connectivity index (χ4v) is 0.567. The zero-order chi connectivity index (χ0) is 16.1. The van der Waals surface area contributed by atoms with Crippen LogP contribution >= 0.6 is 0 Å². The summed E-state index contributed by atoms with van der Waals surface area (Å²) in [7, 11) is 0. The summed E-state index contributed by atoms with van der Waals surface area (Å²) >= 11 is 0. The topological polar surface area (TPSA) is 52.6 Å². The van der Waals surface area contributed by atoms with Gasteiger partial charge in [0, 0.05) is 0 Å². The minimum Gasteiger partial charge on any atom is -0.451 e. The smallest absolute Gasteiger partial charge is 0.417 e. The van der Waals surface area contributed by atoms with Crippen LogP contribution in [0.4, 0.5) is 35.1 Å². The number of alkyl halides is 8. The van der Waals surface area contributed by atoms with Gasteiger partial charge >= 0.3 is 36.6 Å². The van der Waals surface area contributed by atoms with E-state index in [1.54, 1.807) is 0 Å². The first-order valence-corrected chi connectivity index (χ1v) is 4.56. The van der Waals surface area contributed by atoms with Crippen molar-refractivity contribution >= 4 is 11.9 Å². The molecule has 0 bridgehead atoms. The highest BCUT2D eigenvalue weighted by molar-refractivity contribution is 6.29. The summed E-state index contributed by atoms with van der Waals surface area (Å²) in [5.41, 5.74) is 0. The van der Waals surface area contributed by atoms with E-state index >= 15 is 0 Å². The molecule has 12 heteroatoms. The molecule has 0 aliphatic rings. The summed E-state index contributed by atoms with van der Waals surface area (Å²) in [5, 5.41) is 0. The van der Waals surface area contributed by atoms with E-state index in [0.717, 1.165) is 0 Å². The maximum atomic E-state index is 12.3. The molecule has 0 unspecified atom stereocenters. The molecule has 0 spiro atoms. The number of carbonyl (C=O) groups excluding carboxylic acids is 2. The van der Waals surface area contributed by atoms with Gasteiger partial charge < -0.3 is 9.47 Å². The summed E-state index contributed by atoms with van der Waals surface area (Å²) in [4.78, 5) is 21.2. The maximum absolute atomic E-state index is 12.3. The van der Waals surface area contributed by atoms with E-state index in [4.69, 9.17) is 0 Å². The van der Waals surface area contributed by atoms with Crippen LogP contribution in [0, 0.1) is 0 Å². The van der Waals surface area contributed by atoms with Crippen LogP contribution in [-0.4, -0.2) is 49.8 Å². The van der Waals surface area contributed by atoms with Gasteiger partial charge in [-0.3, -0.25) is 0 Å². The van der Waals surface area contributed by atoms with Crippen molar-refractivity contribution < 1.29 is 54.2 Å². The van der Waals surface area contributed by atoms with Crippen LogP contribution in [0.25, 0.3) is 0 Å². The molecule has 0 aromatic rings. The first-order valence-electron chi connectivity index (χ1n) is 4.56. The highest BCUT2D eigenvalue weighted by atomic mass is 19.3. The third kappa shape index (κ3) is 5.57. The van der Waals surface area contributed by atoms with Crippen LogP contribution in [-0.2, 0) is 19.1 Å². The zero-order valence-electron chi connectivity index (χ0n) is 9.23. The molecule has 0 fully saturated rings. The van der Waals surface area contributed by atoms with E-state index < -0.39 is 49.8 Å². The third-order valence-corrected chi connectivity index (χ3v) is 1.60. The number of hydrogen-bond acceptors (Lipinski definition) is 4. The molecular formula is C8H6F8O4. The lowest BCUT2D eigenvalue weighted by Crippen LogP contribution is -2.37. The highest BCUT2D eigenvalue weighted by Gasteiger charge is 2.44. The maximum Gasteiger partial charge on any atom is 0.417 e. The Labute approximate surface area is 105 Å². The number of hydrogen-bond donors (Lipinski definition) is 0. The first-order chi connectivity index (χ1) is 8.90. The average Bonchev–Trinajstić information content (AvgIpc) is 2.32. The fourth-order valence-electron chi connectivity index (χ4n) is 0.567. The lowest BCUT2D eigenvalue weighted by molar-refractivity contribution is -0.196. The molecule has 0 atom stereocenters. The van der Waals surface area contributed by atoms with Crippen LogP contribution in [0.2, 0.25) is 0 Å². The molecule has 0 aliphatic heterocycles. The molecule has 0 saturated carbocycles. The Hall–Kier alpha value is -1.62. The molecule has 0 aromatic heterocycles. The number of ether oxygens (including phenoxy) is 2. The van der Waals surface area contributed by atoms with Gasteiger partial charge in [-0.2, -0.15) is 17.6 Å². The summed E-state index contributed by atoms with van der Waals surface area (Å²) in [6, 6.07) is 0. The van der Waals surface area contributed by atoms with Gasteiger partial charge in [0.25, 0.3) is 0 Å². The van der Waals surface area contributed by atoms with Crippen molar-refractivity contribution in [1.82, 2.24) is 0 Å². The lowest BCUT2D eigenvalue weighted by Gasteiger charge is -2.16. The number of rotatable bonds is 6. The monoisotopic (exact) mass is 318 g/mol. The minimum atomic E-state index is -4.76. The van der Waals surface area contributed by atoms with E-state index in [0.29, 0.717) is 0 Å². The second-order valence-corrected chi connectivity index (χ2v) is 3.28. The van der Waals surface area contributed by atoms with Crippen LogP contribution in [0.15, 0.2) is 0 Å². The Morgan fingerprint density at radius 3 is 1.20 bits per heavy atom. The predicted octanol–water partition coefficient (Wildman–Crippen LogP) is 1.87. The van der Waals surface area contributed by atoms with Crippen molar-refractivity contribution in [3.63, 3.8) is 0 Å². The van der Waals surface area contributed by atoms with Gasteiger partial charge in [-0.15, -0.1) is 0 Å². The van der Waals surface area contributed by atoms with Gasteiger partial charge in [0.05, 0.1) is 0 Å². The van der Waals surface area contributed by atoms with Gasteiger partial charge in [-0.1, -0.05) is 0 Å². The molecule has 0 heterocycles. The standard InChI is InChI=1S/C8H6F8O4/c9-5(10)7(13,14)1-19-3(17)4(18)20-2-8(15,16)6(11)12/h5-6H,1-2H2. The van der Waals surface area contributed by atoms with E-state index in [2.05, 4.69) is 9.47 Å². The van der Waals surface area contributed by atoms with E-state index in [-0.39, 0.29) is 0 Å². The molecule has 0 amide bonds. The van der Waals surface area contributed by atoms with E-state index in [1.807, 2.05) is 0 Å². The number of carbonyl (C=O) groups is 2. The Kier molecular flexibility index (Phi) is 6.16. The molecule has 0 rings (SSSR count). The first kappa shape index (κ1) is 18.4. The van der Waals surface area contributed by atoms with Crippen molar-refractivity contribution in [2.45, 2.75) is 24.7 Å². The largest absolute Gasteiger partial charge is 0.451 e. The number of esters is 2. The minimum absolute atomic E-state index is 2.20. The molecular weight excluding hydrogens is 312 g/mol. The van der Waals surface area contributed by atoms with Gasteiger partial charge in [0.2, 0.25) is 0 Å². The molecule has 0 aromatic carbocycles. The highest BCUT2D eigenvalue weighted by Crippen LogP contribution is 2.24. The molecule has 0 saturated heterocycles. The molecule has 118 valence electrons. The van der Waals surface area contributed by atoms with Crippen LogP contribution in [0.5, 0.6) is 0 Å². The summed E-state index contributed by atoms with van der Waals surface area (Å²) < 4.78 is 102. The predicted molar refractivity (Wildman–Crippen MR) is 43.8 cm³/mol. The SMILES string of the molecule is O=C(OCC(F)(F)C(F)F)C(=O)OCC(F)(F)C(F)F. The molecule has 0 radical (unpaired) electrons. The van der Waals surface area contributed by atoms with Crippen molar-refractivity contribution in [2.24, 2.45) is 0 Å². The second-order valence-electron chi connectivity index (χ2n) is 3.28. The molecule has 0 N–H and O–H groups in total. The Bertz CT molecular complexity index is 322. The quantitative estimate of drug-likeness (QED) is 0.426.